The van der Waals surface area contributed by atoms with Crippen LogP contribution in [0.4, 0.5) is 16.6 Å². The Balaban J connectivity index is 2.29. The van der Waals surface area contributed by atoms with Crippen molar-refractivity contribution in [2.75, 3.05) is 11.1 Å². The van der Waals surface area contributed by atoms with E-state index in [4.69, 9.17) is 5.73 Å². The number of anilines is 2. The van der Waals surface area contributed by atoms with Gasteiger partial charge in [-0.25, -0.2) is 9.97 Å². The number of carbonyl (C=O) groups is 1. The smallest absolute Gasteiger partial charge is 0.288 e. The molecule has 104 valence electrons. The molecular weight excluding hydrogens is 282 g/mol. The zero-order valence-electron chi connectivity index (χ0n) is 10.7. The Morgan fingerprint density at radius 3 is 2.75 bits per heavy atom. The van der Waals surface area contributed by atoms with Crippen molar-refractivity contribution in [2.24, 2.45) is 0 Å². The molecule has 0 atom stereocenters. The molecule has 0 saturated carbocycles. The standard InChI is InChI=1S/C11H11N5O3S/c1-5-6(2)20-11(14-5)15-10(17)8-3-7(16(18)19)4-13-9(8)12/h3-4H,1-2H3,(H2,12,13)(H,14,15,17). The van der Waals surface area contributed by atoms with Gasteiger partial charge in [0.05, 0.1) is 16.2 Å². The van der Waals surface area contributed by atoms with Gasteiger partial charge in [0.2, 0.25) is 0 Å². The first kappa shape index (κ1) is 13.9. The number of nitrogens with two attached hydrogens (primary N) is 1. The number of rotatable bonds is 3. The number of aromatic nitrogens is 2. The fraction of sp³-hybridized carbons (Fsp3) is 0.182. The Bertz CT molecular complexity index is 678. The quantitative estimate of drug-likeness (QED) is 0.657. The van der Waals surface area contributed by atoms with Crippen molar-refractivity contribution in [1.82, 2.24) is 9.97 Å². The van der Waals surface area contributed by atoms with Crippen LogP contribution in [0.2, 0.25) is 0 Å². The molecule has 9 heteroatoms. The van der Waals surface area contributed by atoms with Crippen molar-refractivity contribution < 1.29 is 9.72 Å². The van der Waals surface area contributed by atoms with Crippen LogP contribution in [0.1, 0.15) is 20.9 Å². The third kappa shape index (κ3) is 2.72. The van der Waals surface area contributed by atoms with Crippen LogP contribution in [0.3, 0.4) is 0 Å². The van der Waals surface area contributed by atoms with Crippen molar-refractivity contribution in [3.05, 3.63) is 38.5 Å². The van der Waals surface area contributed by atoms with Gasteiger partial charge in [0, 0.05) is 10.9 Å². The highest BCUT2D eigenvalue weighted by atomic mass is 32.1. The normalized spacial score (nSPS) is 10.3. The number of hydrogen-bond acceptors (Lipinski definition) is 7. The molecule has 0 aliphatic carbocycles. The minimum absolute atomic E-state index is 0.0512. The fourth-order valence-electron chi connectivity index (χ4n) is 1.44. The lowest BCUT2D eigenvalue weighted by Gasteiger charge is -2.04. The molecule has 20 heavy (non-hydrogen) atoms. The molecule has 0 unspecified atom stereocenters. The van der Waals surface area contributed by atoms with E-state index >= 15 is 0 Å². The summed E-state index contributed by atoms with van der Waals surface area (Å²) in [5.41, 5.74) is 6.04. The van der Waals surface area contributed by atoms with Gasteiger partial charge in [0.1, 0.15) is 12.0 Å². The average Bonchev–Trinajstić information content (AvgIpc) is 2.68. The zero-order chi connectivity index (χ0) is 14.9. The van der Waals surface area contributed by atoms with Crippen molar-refractivity contribution in [3.8, 4) is 0 Å². The Labute approximate surface area is 117 Å². The minimum atomic E-state index is -0.638. The Hall–Kier alpha value is -2.55. The summed E-state index contributed by atoms with van der Waals surface area (Å²) in [5, 5.41) is 13.6. The molecule has 0 fully saturated rings. The van der Waals surface area contributed by atoms with Crippen LogP contribution < -0.4 is 11.1 Å². The SMILES string of the molecule is Cc1nc(NC(=O)c2cc([N+](=O)[O-])cnc2N)sc1C. The van der Waals surface area contributed by atoms with E-state index in [0.717, 1.165) is 22.8 Å². The number of aryl methyl sites for hydroxylation is 2. The van der Waals surface area contributed by atoms with Crippen LogP contribution in [0.15, 0.2) is 12.3 Å². The monoisotopic (exact) mass is 293 g/mol. The maximum atomic E-state index is 12.0. The second-order valence-electron chi connectivity index (χ2n) is 4.00. The van der Waals surface area contributed by atoms with E-state index in [-0.39, 0.29) is 17.1 Å². The second kappa shape index (κ2) is 5.21. The maximum absolute atomic E-state index is 12.0. The molecule has 0 aliphatic heterocycles. The minimum Gasteiger partial charge on any atom is -0.383 e. The van der Waals surface area contributed by atoms with Crippen molar-refractivity contribution in [2.45, 2.75) is 13.8 Å². The van der Waals surface area contributed by atoms with E-state index in [2.05, 4.69) is 15.3 Å². The lowest BCUT2D eigenvalue weighted by atomic mass is 10.2. The number of nitrogens with zero attached hydrogens (tertiary/aromatic N) is 3. The van der Waals surface area contributed by atoms with E-state index in [1.54, 1.807) is 0 Å². The van der Waals surface area contributed by atoms with E-state index < -0.39 is 10.8 Å². The largest absolute Gasteiger partial charge is 0.383 e. The van der Waals surface area contributed by atoms with Gasteiger partial charge >= 0.3 is 0 Å². The molecule has 8 nitrogen and oxygen atoms in total. The first-order valence-electron chi connectivity index (χ1n) is 5.53. The average molecular weight is 293 g/mol. The number of carbonyl (C=O) groups excluding carboxylic acids is 1. The summed E-state index contributed by atoms with van der Waals surface area (Å²) in [4.78, 5) is 30.9. The first-order chi connectivity index (χ1) is 9.38. The molecule has 1 amide bonds. The number of amides is 1. The van der Waals surface area contributed by atoms with Gasteiger partial charge in [-0.05, 0) is 13.8 Å². The van der Waals surface area contributed by atoms with Gasteiger partial charge in [-0.15, -0.1) is 11.3 Å². The van der Waals surface area contributed by atoms with Gasteiger partial charge < -0.3 is 5.73 Å². The lowest BCUT2D eigenvalue weighted by molar-refractivity contribution is -0.385. The van der Waals surface area contributed by atoms with Gasteiger partial charge in [0.25, 0.3) is 11.6 Å². The van der Waals surface area contributed by atoms with Gasteiger partial charge in [-0.3, -0.25) is 20.2 Å². The van der Waals surface area contributed by atoms with Crippen molar-refractivity contribution >= 4 is 33.9 Å². The van der Waals surface area contributed by atoms with Crippen LogP contribution in [0.5, 0.6) is 0 Å². The summed E-state index contributed by atoms with van der Waals surface area (Å²) in [6.07, 6.45) is 1.00. The highest BCUT2D eigenvalue weighted by Gasteiger charge is 2.18. The van der Waals surface area contributed by atoms with Crippen LogP contribution in [-0.2, 0) is 0 Å². The molecule has 3 N–H and O–H groups in total. The summed E-state index contributed by atoms with van der Waals surface area (Å²) in [7, 11) is 0. The van der Waals surface area contributed by atoms with Gasteiger partial charge in [0.15, 0.2) is 5.13 Å². The number of pyridine rings is 1. The zero-order valence-corrected chi connectivity index (χ0v) is 11.5. The molecule has 2 heterocycles. The Kier molecular flexibility index (Phi) is 3.61. The predicted molar refractivity (Wildman–Crippen MR) is 74.8 cm³/mol. The molecular formula is C11H11N5O3S. The van der Waals surface area contributed by atoms with Crippen molar-refractivity contribution in [3.63, 3.8) is 0 Å². The van der Waals surface area contributed by atoms with Crippen LogP contribution in [0, 0.1) is 24.0 Å². The summed E-state index contributed by atoms with van der Waals surface area (Å²) >= 11 is 1.32. The second-order valence-corrected chi connectivity index (χ2v) is 5.20. The molecule has 2 aromatic heterocycles. The summed E-state index contributed by atoms with van der Waals surface area (Å²) in [5.74, 6) is -0.648. The molecule has 0 saturated heterocycles. The predicted octanol–water partition coefficient (Wildman–Crippen LogP) is 1.90. The molecule has 0 aliphatic rings. The maximum Gasteiger partial charge on any atom is 0.288 e. The first-order valence-corrected chi connectivity index (χ1v) is 6.35. The summed E-state index contributed by atoms with van der Waals surface area (Å²) < 4.78 is 0. The molecule has 0 spiro atoms. The van der Waals surface area contributed by atoms with Gasteiger partial charge in [-0.2, -0.15) is 0 Å². The summed E-state index contributed by atoms with van der Waals surface area (Å²) in [6.45, 7) is 3.71. The lowest BCUT2D eigenvalue weighted by Crippen LogP contribution is -2.15. The highest BCUT2D eigenvalue weighted by Crippen LogP contribution is 2.23. The van der Waals surface area contributed by atoms with E-state index in [9.17, 15) is 14.9 Å². The molecule has 0 aromatic carbocycles. The Morgan fingerprint density at radius 2 is 2.20 bits per heavy atom. The third-order valence-electron chi connectivity index (χ3n) is 2.61. The number of nitrogen functional groups attached to an aromatic ring is 1. The number of hydrogen-bond donors (Lipinski definition) is 2. The number of nitrogens with one attached hydrogen (secondary N) is 1. The number of nitro groups is 1. The molecule has 2 aromatic rings. The summed E-state index contributed by atoms with van der Waals surface area (Å²) in [6, 6.07) is 1.09. The van der Waals surface area contributed by atoms with Crippen LogP contribution in [-0.4, -0.2) is 20.8 Å². The third-order valence-corrected chi connectivity index (χ3v) is 3.60. The molecule has 0 radical (unpaired) electrons. The Morgan fingerprint density at radius 1 is 1.50 bits per heavy atom. The van der Waals surface area contributed by atoms with Crippen molar-refractivity contribution in [1.29, 1.82) is 0 Å². The van der Waals surface area contributed by atoms with Crippen LogP contribution >= 0.6 is 11.3 Å². The van der Waals surface area contributed by atoms with Gasteiger partial charge in [-0.1, -0.05) is 0 Å². The van der Waals surface area contributed by atoms with E-state index in [1.165, 1.54) is 11.3 Å². The fourth-order valence-corrected chi connectivity index (χ4v) is 2.25. The highest BCUT2D eigenvalue weighted by molar-refractivity contribution is 7.15. The van der Waals surface area contributed by atoms with Crippen LogP contribution in [0.25, 0.3) is 0 Å². The van der Waals surface area contributed by atoms with E-state index in [1.807, 2.05) is 13.8 Å². The number of thiazole rings is 1. The molecule has 2 rings (SSSR count). The molecule has 0 bridgehead atoms. The topological polar surface area (TPSA) is 124 Å². The van der Waals surface area contributed by atoms with E-state index in [0.29, 0.717) is 5.13 Å².